The summed E-state index contributed by atoms with van der Waals surface area (Å²) in [6.45, 7) is 0. The van der Waals surface area contributed by atoms with Gasteiger partial charge in [-0.05, 0) is 36.9 Å². The highest BCUT2D eigenvalue weighted by Crippen LogP contribution is 2.31. The smallest absolute Gasteiger partial charge is 0.137 e. The van der Waals surface area contributed by atoms with Crippen LogP contribution >= 0.6 is 23.2 Å². The van der Waals surface area contributed by atoms with Crippen LogP contribution in [0, 0.1) is 5.82 Å². The van der Waals surface area contributed by atoms with Crippen LogP contribution in [0.3, 0.4) is 0 Å². The average Bonchev–Trinajstić information content (AvgIpc) is 2.42. The summed E-state index contributed by atoms with van der Waals surface area (Å²) in [4.78, 5) is 0. The number of hydrogen-bond donors (Lipinski definition) is 1. The van der Waals surface area contributed by atoms with Gasteiger partial charge in [0.2, 0.25) is 0 Å². The lowest BCUT2D eigenvalue weighted by atomic mass is 9.98. The van der Waals surface area contributed by atoms with E-state index in [2.05, 4.69) is 5.32 Å². The lowest BCUT2D eigenvalue weighted by Gasteiger charge is -2.19. The van der Waals surface area contributed by atoms with Crippen molar-refractivity contribution in [3.05, 3.63) is 63.4 Å². The van der Waals surface area contributed by atoms with Gasteiger partial charge < -0.3 is 10.1 Å². The SMILES string of the molecule is CNC(c1ccc(OC)c(Cl)c1)c1ccc(Cl)cc1F. The molecule has 1 atom stereocenters. The zero-order chi connectivity index (χ0) is 14.7. The predicted octanol–water partition coefficient (Wildman–Crippen LogP) is 4.45. The van der Waals surface area contributed by atoms with Gasteiger partial charge in [0.25, 0.3) is 0 Å². The number of ether oxygens (including phenoxy) is 1. The first-order valence-electron chi connectivity index (χ1n) is 6.02. The van der Waals surface area contributed by atoms with Gasteiger partial charge in [-0.3, -0.25) is 0 Å². The van der Waals surface area contributed by atoms with Gasteiger partial charge in [0.05, 0.1) is 18.2 Å². The predicted molar refractivity (Wildman–Crippen MR) is 80.3 cm³/mol. The van der Waals surface area contributed by atoms with Crippen molar-refractivity contribution in [3.8, 4) is 5.75 Å². The van der Waals surface area contributed by atoms with Gasteiger partial charge in [-0.25, -0.2) is 4.39 Å². The molecule has 0 radical (unpaired) electrons. The Bertz CT molecular complexity index is 619. The van der Waals surface area contributed by atoms with Gasteiger partial charge in [0.15, 0.2) is 0 Å². The number of halogens is 3. The van der Waals surface area contributed by atoms with Gasteiger partial charge in [0, 0.05) is 10.6 Å². The van der Waals surface area contributed by atoms with Crippen LogP contribution in [0.4, 0.5) is 4.39 Å². The van der Waals surface area contributed by atoms with Gasteiger partial charge in [-0.2, -0.15) is 0 Å². The maximum Gasteiger partial charge on any atom is 0.137 e. The summed E-state index contributed by atoms with van der Waals surface area (Å²) in [6, 6.07) is 9.68. The van der Waals surface area contributed by atoms with E-state index in [-0.39, 0.29) is 11.9 Å². The number of rotatable bonds is 4. The maximum absolute atomic E-state index is 14.0. The molecule has 2 nitrogen and oxygen atoms in total. The second kappa shape index (κ2) is 6.44. The Morgan fingerprint density at radius 1 is 1.15 bits per heavy atom. The molecular formula is C15H14Cl2FNO. The van der Waals surface area contributed by atoms with Crippen molar-refractivity contribution in [3.63, 3.8) is 0 Å². The summed E-state index contributed by atoms with van der Waals surface area (Å²) in [5.41, 5.74) is 1.36. The summed E-state index contributed by atoms with van der Waals surface area (Å²) < 4.78 is 19.2. The summed E-state index contributed by atoms with van der Waals surface area (Å²) in [5, 5.41) is 3.93. The van der Waals surface area contributed by atoms with E-state index in [1.165, 1.54) is 6.07 Å². The lowest BCUT2D eigenvalue weighted by Crippen LogP contribution is -2.19. The molecule has 0 spiro atoms. The van der Waals surface area contributed by atoms with Crippen LogP contribution in [-0.4, -0.2) is 14.2 Å². The van der Waals surface area contributed by atoms with Crippen LogP contribution in [-0.2, 0) is 0 Å². The number of methoxy groups -OCH3 is 1. The third kappa shape index (κ3) is 3.06. The van der Waals surface area contributed by atoms with E-state index in [1.54, 1.807) is 38.4 Å². The van der Waals surface area contributed by atoms with Crippen molar-refractivity contribution in [2.45, 2.75) is 6.04 Å². The Labute approximate surface area is 127 Å². The maximum atomic E-state index is 14.0. The molecule has 0 aliphatic heterocycles. The highest BCUT2D eigenvalue weighted by atomic mass is 35.5. The molecule has 0 aromatic heterocycles. The minimum absolute atomic E-state index is 0.310. The molecule has 1 N–H and O–H groups in total. The van der Waals surface area contributed by atoms with Crippen molar-refractivity contribution in [1.82, 2.24) is 5.32 Å². The first-order chi connectivity index (χ1) is 9.56. The van der Waals surface area contributed by atoms with Gasteiger partial charge in [-0.1, -0.05) is 35.3 Å². The van der Waals surface area contributed by atoms with Crippen LogP contribution in [0.5, 0.6) is 5.75 Å². The standard InChI is InChI=1S/C15H14Cl2FNO/c1-19-15(11-5-4-10(16)8-13(11)18)9-3-6-14(20-2)12(17)7-9/h3-8,15,19H,1-2H3. The number of benzene rings is 2. The van der Waals surface area contributed by atoms with Crippen LogP contribution < -0.4 is 10.1 Å². The van der Waals surface area contributed by atoms with Crippen LogP contribution in [0.15, 0.2) is 36.4 Å². The van der Waals surface area contributed by atoms with E-state index >= 15 is 0 Å². The van der Waals surface area contributed by atoms with E-state index in [1.807, 2.05) is 6.07 Å². The molecule has 0 bridgehead atoms. The molecular weight excluding hydrogens is 300 g/mol. The molecule has 0 saturated heterocycles. The minimum atomic E-state index is -0.358. The Kier molecular flexibility index (Phi) is 4.86. The van der Waals surface area contributed by atoms with E-state index < -0.39 is 0 Å². The molecule has 1 unspecified atom stereocenters. The fraction of sp³-hybridized carbons (Fsp3) is 0.200. The summed E-state index contributed by atoms with van der Waals surface area (Å²) in [5.74, 6) is 0.227. The second-order valence-electron chi connectivity index (χ2n) is 4.28. The summed E-state index contributed by atoms with van der Waals surface area (Å²) >= 11 is 11.9. The molecule has 2 aromatic carbocycles. The molecule has 0 heterocycles. The zero-order valence-electron chi connectivity index (χ0n) is 11.1. The summed E-state index contributed by atoms with van der Waals surface area (Å²) in [7, 11) is 3.31. The van der Waals surface area contributed by atoms with Crippen LogP contribution in [0.2, 0.25) is 10.0 Å². The van der Waals surface area contributed by atoms with Crippen molar-refractivity contribution >= 4 is 23.2 Å². The molecule has 5 heteroatoms. The van der Waals surface area contributed by atoms with Crippen LogP contribution in [0.25, 0.3) is 0 Å². The first-order valence-corrected chi connectivity index (χ1v) is 6.78. The van der Waals surface area contributed by atoms with Crippen molar-refractivity contribution in [1.29, 1.82) is 0 Å². The quantitative estimate of drug-likeness (QED) is 0.900. The monoisotopic (exact) mass is 313 g/mol. The molecule has 0 fully saturated rings. The molecule has 0 aliphatic rings. The minimum Gasteiger partial charge on any atom is -0.495 e. The normalized spacial score (nSPS) is 12.2. The van der Waals surface area contributed by atoms with E-state index in [0.29, 0.717) is 21.4 Å². The molecule has 2 aromatic rings. The topological polar surface area (TPSA) is 21.3 Å². The molecule has 0 aliphatic carbocycles. The molecule has 20 heavy (non-hydrogen) atoms. The van der Waals surface area contributed by atoms with E-state index in [4.69, 9.17) is 27.9 Å². The fourth-order valence-corrected chi connectivity index (χ4v) is 2.52. The third-order valence-corrected chi connectivity index (χ3v) is 3.60. The molecule has 106 valence electrons. The van der Waals surface area contributed by atoms with Gasteiger partial charge in [0.1, 0.15) is 11.6 Å². The highest BCUT2D eigenvalue weighted by Gasteiger charge is 2.17. The number of nitrogens with one attached hydrogen (secondary N) is 1. The lowest BCUT2D eigenvalue weighted by molar-refractivity contribution is 0.414. The van der Waals surface area contributed by atoms with E-state index in [9.17, 15) is 4.39 Å². The van der Waals surface area contributed by atoms with Crippen LogP contribution in [0.1, 0.15) is 17.2 Å². The Balaban J connectivity index is 2.44. The Hall–Kier alpha value is -1.29. The molecule has 0 amide bonds. The largest absolute Gasteiger partial charge is 0.495 e. The van der Waals surface area contributed by atoms with Crippen molar-refractivity contribution in [2.75, 3.05) is 14.2 Å². The summed E-state index contributed by atoms with van der Waals surface area (Å²) in [6.07, 6.45) is 0. The molecule has 2 rings (SSSR count). The Morgan fingerprint density at radius 2 is 1.90 bits per heavy atom. The molecule has 0 saturated carbocycles. The second-order valence-corrected chi connectivity index (χ2v) is 5.13. The zero-order valence-corrected chi connectivity index (χ0v) is 12.6. The van der Waals surface area contributed by atoms with Crippen molar-refractivity contribution in [2.24, 2.45) is 0 Å². The third-order valence-electron chi connectivity index (χ3n) is 3.07. The highest BCUT2D eigenvalue weighted by molar-refractivity contribution is 6.32. The van der Waals surface area contributed by atoms with E-state index in [0.717, 1.165) is 5.56 Å². The average molecular weight is 314 g/mol. The first kappa shape index (κ1) is 15.1. The Morgan fingerprint density at radius 3 is 2.45 bits per heavy atom. The van der Waals surface area contributed by atoms with Gasteiger partial charge >= 0.3 is 0 Å². The van der Waals surface area contributed by atoms with Gasteiger partial charge in [-0.15, -0.1) is 0 Å². The van der Waals surface area contributed by atoms with Crippen molar-refractivity contribution < 1.29 is 9.13 Å². The fourth-order valence-electron chi connectivity index (χ4n) is 2.10. The number of hydrogen-bond acceptors (Lipinski definition) is 2.